The van der Waals surface area contributed by atoms with Crippen LogP contribution in [0.15, 0.2) is 30.6 Å². The minimum atomic E-state index is -0.897. The van der Waals surface area contributed by atoms with Gasteiger partial charge in [-0.25, -0.2) is 0 Å². The molecule has 20 heavy (non-hydrogen) atoms. The molecular weight excluding hydrogens is 258 g/mol. The normalized spacial score (nSPS) is 21.6. The van der Waals surface area contributed by atoms with Crippen LogP contribution in [0.3, 0.4) is 0 Å². The molecule has 0 saturated carbocycles. The molecule has 0 spiro atoms. The molecule has 1 aromatic heterocycles. The lowest BCUT2D eigenvalue weighted by molar-refractivity contribution is -0.147. The molecule has 2 unspecified atom stereocenters. The van der Waals surface area contributed by atoms with E-state index in [4.69, 9.17) is 5.11 Å². The Kier molecular flexibility index (Phi) is 4.92. The van der Waals surface area contributed by atoms with E-state index in [1.807, 2.05) is 24.4 Å². The highest BCUT2D eigenvalue weighted by atomic mass is 16.4. The highest BCUT2D eigenvalue weighted by molar-refractivity contribution is 5.85. The molecule has 2 rings (SSSR count). The van der Waals surface area contributed by atoms with E-state index < -0.39 is 17.8 Å². The first-order chi connectivity index (χ1) is 9.68. The van der Waals surface area contributed by atoms with Crippen LogP contribution in [0.2, 0.25) is 0 Å². The second-order valence-corrected chi connectivity index (χ2v) is 4.91. The van der Waals surface area contributed by atoms with Crippen molar-refractivity contribution in [3.8, 4) is 0 Å². The summed E-state index contributed by atoms with van der Waals surface area (Å²) in [5, 5.41) is 16.0. The Balaban J connectivity index is 1.76. The van der Waals surface area contributed by atoms with Crippen LogP contribution in [0, 0.1) is 11.8 Å². The summed E-state index contributed by atoms with van der Waals surface area (Å²) < 4.78 is 1.80. The third-order valence-corrected chi connectivity index (χ3v) is 3.51. The fourth-order valence-electron chi connectivity index (χ4n) is 2.39. The average Bonchev–Trinajstić information content (AvgIpc) is 2.96. The van der Waals surface area contributed by atoms with E-state index in [0.717, 1.165) is 13.0 Å². The Hall–Kier alpha value is -2.11. The van der Waals surface area contributed by atoms with E-state index in [1.54, 1.807) is 10.9 Å². The number of aryl methyl sites for hydroxylation is 1. The van der Waals surface area contributed by atoms with Crippen molar-refractivity contribution < 1.29 is 14.7 Å². The van der Waals surface area contributed by atoms with Crippen molar-refractivity contribution in [2.24, 2.45) is 11.8 Å². The summed E-state index contributed by atoms with van der Waals surface area (Å²) in [6.45, 7) is 1.27. The highest BCUT2D eigenvalue weighted by Crippen LogP contribution is 2.25. The van der Waals surface area contributed by atoms with Gasteiger partial charge in [-0.1, -0.05) is 12.2 Å². The molecule has 6 heteroatoms. The zero-order chi connectivity index (χ0) is 14.4. The maximum atomic E-state index is 12.0. The zero-order valence-electron chi connectivity index (χ0n) is 11.2. The number of carboxylic acid groups (broad SMARTS) is 1. The molecule has 0 radical (unpaired) electrons. The predicted octanol–water partition coefficient (Wildman–Crippen LogP) is 1.06. The molecule has 108 valence electrons. The molecular formula is C14H19N3O3. The number of hydrogen-bond acceptors (Lipinski definition) is 3. The van der Waals surface area contributed by atoms with Crippen molar-refractivity contribution in [2.75, 3.05) is 6.54 Å². The van der Waals surface area contributed by atoms with Crippen LogP contribution >= 0.6 is 0 Å². The number of carboxylic acids is 1. The number of aromatic nitrogens is 2. The number of nitrogens with zero attached hydrogens (tertiary/aromatic N) is 2. The monoisotopic (exact) mass is 277 g/mol. The van der Waals surface area contributed by atoms with E-state index in [0.29, 0.717) is 19.4 Å². The molecule has 1 aromatic rings. The second-order valence-electron chi connectivity index (χ2n) is 4.91. The number of amides is 1. The van der Waals surface area contributed by atoms with Gasteiger partial charge in [-0.05, 0) is 25.3 Å². The van der Waals surface area contributed by atoms with Gasteiger partial charge in [-0.2, -0.15) is 5.10 Å². The van der Waals surface area contributed by atoms with Crippen LogP contribution < -0.4 is 5.32 Å². The molecule has 2 atom stereocenters. The molecule has 0 aliphatic heterocycles. The van der Waals surface area contributed by atoms with Crippen molar-refractivity contribution in [1.82, 2.24) is 15.1 Å². The summed E-state index contributed by atoms with van der Waals surface area (Å²) >= 11 is 0. The number of hydrogen-bond donors (Lipinski definition) is 2. The third-order valence-electron chi connectivity index (χ3n) is 3.51. The number of rotatable bonds is 6. The summed E-state index contributed by atoms with van der Waals surface area (Å²) in [6, 6.07) is 1.85. The first-order valence-corrected chi connectivity index (χ1v) is 6.81. The van der Waals surface area contributed by atoms with Crippen LogP contribution in [-0.2, 0) is 16.1 Å². The van der Waals surface area contributed by atoms with Gasteiger partial charge in [0.2, 0.25) is 5.91 Å². The standard InChI is InChI=1S/C14H19N3O3/c18-13(11-5-1-2-6-12(11)14(19)20)15-7-3-9-17-10-4-8-16-17/h1-2,4,8,10-12H,3,5-7,9H2,(H,15,18)(H,19,20). The minimum absolute atomic E-state index is 0.165. The number of allylic oxidation sites excluding steroid dienone is 2. The molecule has 1 aliphatic carbocycles. The Morgan fingerprint density at radius 3 is 2.70 bits per heavy atom. The maximum absolute atomic E-state index is 12.0. The van der Waals surface area contributed by atoms with Crippen LogP contribution in [0.1, 0.15) is 19.3 Å². The van der Waals surface area contributed by atoms with Gasteiger partial charge in [0.25, 0.3) is 0 Å². The lowest BCUT2D eigenvalue weighted by Crippen LogP contribution is -2.39. The number of nitrogens with one attached hydrogen (secondary N) is 1. The Morgan fingerprint density at radius 2 is 2.05 bits per heavy atom. The second kappa shape index (κ2) is 6.88. The number of aliphatic carboxylic acids is 1. The van der Waals surface area contributed by atoms with Crippen molar-refractivity contribution in [1.29, 1.82) is 0 Å². The van der Waals surface area contributed by atoms with Gasteiger partial charge in [-0.3, -0.25) is 14.3 Å². The summed E-state index contributed by atoms with van der Waals surface area (Å²) in [4.78, 5) is 23.2. The molecule has 0 aromatic carbocycles. The van der Waals surface area contributed by atoms with E-state index in [9.17, 15) is 9.59 Å². The van der Waals surface area contributed by atoms with Gasteiger partial charge in [0.1, 0.15) is 0 Å². The van der Waals surface area contributed by atoms with Crippen molar-refractivity contribution >= 4 is 11.9 Å². The van der Waals surface area contributed by atoms with Crippen LogP contribution in [0.4, 0.5) is 0 Å². The predicted molar refractivity (Wildman–Crippen MR) is 72.8 cm³/mol. The van der Waals surface area contributed by atoms with Crippen LogP contribution in [0.5, 0.6) is 0 Å². The Bertz CT molecular complexity index is 482. The molecule has 1 aliphatic rings. The minimum Gasteiger partial charge on any atom is -0.481 e. The number of carbonyl (C=O) groups excluding carboxylic acids is 1. The fourth-order valence-corrected chi connectivity index (χ4v) is 2.39. The lowest BCUT2D eigenvalue weighted by Gasteiger charge is -2.24. The topological polar surface area (TPSA) is 84.2 Å². The molecule has 6 nitrogen and oxygen atoms in total. The third kappa shape index (κ3) is 3.69. The molecule has 0 saturated heterocycles. The summed E-state index contributed by atoms with van der Waals surface area (Å²) in [5.74, 6) is -2.12. The van der Waals surface area contributed by atoms with E-state index in [1.165, 1.54) is 0 Å². The molecule has 0 fully saturated rings. The molecule has 0 bridgehead atoms. The van der Waals surface area contributed by atoms with Gasteiger partial charge in [0.15, 0.2) is 0 Å². The lowest BCUT2D eigenvalue weighted by atomic mass is 9.82. The highest BCUT2D eigenvalue weighted by Gasteiger charge is 2.33. The van der Waals surface area contributed by atoms with Crippen molar-refractivity contribution in [3.63, 3.8) is 0 Å². The molecule has 2 N–H and O–H groups in total. The van der Waals surface area contributed by atoms with Crippen molar-refractivity contribution in [2.45, 2.75) is 25.8 Å². The molecule has 1 amide bonds. The summed E-state index contributed by atoms with van der Waals surface area (Å²) in [5.41, 5.74) is 0. The summed E-state index contributed by atoms with van der Waals surface area (Å²) in [6.07, 6.45) is 9.00. The quantitative estimate of drug-likeness (QED) is 0.601. The van der Waals surface area contributed by atoms with E-state index >= 15 is 0 Å². The van der Waals surface area contributed by atoms with Gasteiger partial charge in [-0.15, -0.1) is 0 Å². The summed E-state index contributed by atoms with van der Waals surface area (Å²) in [7, 11) is 0. The largest absolute Gasteiger partial charge is 0.481 e. The first-order valence-electron chi connectivity index (χ1n) is 6.81. The van der Waals surface area contributed by atoms with Crippen molar-refractivity contribution in [3.05, 3.63) is 30.6 Å². The van der Waals surface area contributed by atoms with E-state index in [2.05, 4.69) is 10.4 Å². The Labute approximate surface area is 117 Å². The van der Waals surface area contributed by atoms with E-state index in [-0.39, 0.29) is 5.91 Å². The smallest absolute Gasteiger partial charge is 0.307 e. The van der Waals surface area contributed by atoms with Gasteiger partial charge in [0.05, 0.1) is 11.8 Å². The molecule has 1 heterocycles. The first kappa shape index (κ1) is 14.3. The van der Waals surface area contributed by atoms with Gasteiger partial charge in [0, 0.05) is 25.5 Å². The maximum Gasteiger partial charge on any atom is 0.307 e. The Morgan fingerprint density at radius 1 is 1.30 bits per heavy atom. The zero-order valence-corrected chi connectivity index (χ0v) is 11.2. The van der Waals surface area contributed by atoms with Gasteiger partial charge >= 0.3 is 5.97 Å². The number of carbonyl (C=O) groups is 2. The van der Waals surface area contributed by atoms with Crippen LogP contribution in [-0.4, -0.2) is 33.3 Å². The SMILES string of the molecule is O=C(O)C1CC=CCC1C(=O)NCCCn1cccn1. The average molecular weight is 277 g/mol. The van der Waals surface area contributed by atoms with Gasteiger partial charge < -0.3 is 10.4 Å². The van der Waals surface area contributed by atoms with Crippen LogP contribution in [0.25, 0.3) is 0 Å². The fraction of sp³-hybridized carbons (Fsp3) is 0.500.